The van der Waals surface area contributed by atoms with E-state index in [9.17, 15) is 14.4 Å². The third-order valence-electron chi connectivity index (χ3n) is 4.44. The predicted octanol–water partition coefficient (Wildman–Crippen LogP) is 1.48. The van der Waals surface area contributed by atoms with Crippen LogP contribution in [-0.4, -0.2) is 71.6 Å². The molecule has 2 atom stereocenters. The maximum Gasteiger partial charge on any atom is 0.407 e. The Kier molecular flexibility index (Phi) is 9.02. The molecule has 2 saturated heterocycles. The number of carbonyl (C=O) groups excluding carboxylic acids is 3. The highest BCUT2D eigenvalue weighted by Gasteiger charge is 2.28. The minimum absolute atomic E-state index is 0.0142. The van der Waals surface area contributed by atoms with Crippen molar-refractivity contribution >= 4 is 17.9 Å². The van der Waals surface area contributed by atoms with Gasteiger partial charge in [-0.25, -0.2) is 4.79 Å². The van der Waals surface area contributed by atoms with Crippen molar-refractivity contribution in [2.45, 2.75) is 78.0 Å². The zero-order chi connectivity index (χ0) is 20.6. The van der Waals surface area contributed by atoms with Crippen LogP contribution in [0.5, 0.6) is 0 Å². The monoisotopic (exact) mass is 384 g/mol. The van der Waals surface area contributed by atoms with Gasteiger partial charge in [-0.1, -0.05) is 13.8 Å². The molecular formula is C19H36N4O4. The lowest BCUT2D eigenvalue weighted by Crippen LogP contribution is -2.41. The van der Waals surface area contributed by atoms with Crippen molar-refractivity contribution in [3.8, 4) is 0 Å². The van der Waals surface area contributed by atoms with E-state index < -0.39 is 11.7 Å². The van der Waals surface area contributed by atoms with E-state index in [2.05, 4.69) is 5.32 Å². The summed E-state index contributed by atoms with van der Waals surface area (Å²) in [6, 6.07) is 0.232. The van der Waals surface area contributed by atoms with Gasteiger partial charge in [0.2, 0.25) is 11.8 Å². The summed E-state index contributed by atoms with van der Waals surface area (Å²) >= 11 is 0. The summed E-state index contributed by atoms with van der Waals surface area (Å²) in [6.07, 6.45) is 2.47. The lowest BCUT2D eigenvalue weighted by atomic mass is 10.2. The van der Waals surface area contributed by atoms with Gasteiger partial charge in [-0.2, -0.15) is 0 Å². The molecular weight excluding hydrogens is 348 g/mol. The molecule has 8 heteroatoms. The zero-order valence-electron chi connectivity index (χ0n) is 17.4. The Morgan fingerprint density at radius 1 is 1.00 bits per heavy atom. The van der Waals surface area contributed by atoms with Crippen LogP contribution in [0.2, 0.25) is 0 Å². The van der Waals surface area contributed by atoms with Gasteiger partial charge in [0.1, 0.15) is 5.60 Å². The molecule has 0 radical (unpaired) electrons. The Bertz CT molecular complexity index is 518. The number of nitrogens with zero attached hydrogens (tertiary/aromatic N) is 2. The Balaban J connectivity index is 0.000000309. The molecule has 27 heavy (non-hydrogen) atoms. The second-order valence-corrected chi connectivity index (χ2v) is 8.07. The second kappa shape index (κ2) is 10.5. The van der Waals surface area contributed by atoms with Crippen molar-refractivity contribution in [3.05, 3.63) is 0 Å². The molecule has 2 unspecified atom stereocenters. The number of amides is 3. The highest BCUT2D eigenvalue weighted by molar-refractivity contribution is 5.76. The molecule has 2 aliphatic heterocycles. The van der Waals surface area contributed by atoms with Crippen molar-refractivity contribution in [2.24, 2.45) is 5.73 Å². The third-order valence-corrected chi connectivity index (χ3v) is 4.44. The molecule has 0 bridgehead atoms. The van der Waals surface area contributed by atoms with Crippen LogP contribution in [0.15, 0.2) is 0 Å². The molecule has 2 heterocycles. The van der Waals surface area contributed by atoms with Crippen molar-refractivity contribution in [1.82, 2.24) is 15.1 Å². The van der Waals surface area contributed by atoms with Crippen LogP contribution in [0.25, 0.3) is 0 Å². The van der Waals surface area contributed by atoms with Gasteiger partial charge in [-0.05, 0) is 33.6 Å². The zero-order valence-corrected chi connectivity index (χ0v) is 17.4. The molecule has 3 N–H and O–H groups in total. The molecule has 0 aliphatic carbocycles. The Morgan fingerprint density at radius 2 is 1.52 bits per heavy atom. The van der Waals surface area contributed by atoms with Crippen molar-refractivity contribution in [2.75, 3.05) is 26.2 Å². The fourth-order valence-electron chi connectivity index (χ4n) is 3.04. The van der Waals surface area contributed by atoms with E-state index in [0.717, 1.165) is 25.9 Å². The summed E-state index contributed by atoms with van der Waals surface area (Å²) in [7, 11) is 0. The first kappa shape index (κ1) is 23.2. The highest BCUT2D eigenvalue weighted by Crippen LogP contribution is 2.12. The lowest BCUT2D eigenvalue weighted by Gasteiger charge is -2.22. The van der Waals surface area contributed by atoms with Gasteiger partial charge in [0, 0.05) is 45.1 Å². The lowest BCUT2D eigenvalue weighted by molar-refractivity contribution is -0.130. The summed E-state index contributed by atoms with van der Waals surface area (Å²) in [5.74, 6) is 0.367. The van der Waals surface area contributed by atoms with E-state index >= 15 is 0 Å². The summed E-state index contributed by atoms with van der Waals surface area (Å²) in [6.45, 7) is 12.1. The van der Waals surface area contributed by atoms with Crippen LogP contribution < -0.4 is 11.1 Å². The van der Waals surface area contributed by atoms with E-state index in [1.54, 1.807) is 4.90 Å². The number of likely N-dealkylation sites (tertiary alicyclic amines) is 2. The van der Waals surface area contributed by atoms with Crippen LogP contribution in [0.4, 0.5) is 4.79 Å². The van der Waals surface area contributed by atoms with Gasteiger partial charge in [-0.15, -0.1) is 0 Å². The number of alkyl carbamates (subject to hydrolysis) is 1. The number of carbonyl (C=O) groups is 3. The SMILES string of the molecule is CCC(=O)N1CCC(N)C1.CCC(=O)N1CCC(NC(=O)OC(C)(C)C)C1. The van der Waals surface area contributed by atoms with Gasteiger partial charge in [0.25, 0.3) is 0 Å². The molecule has 2 aliphatic rings. The number of nitrogens with two attached hydrogens (primary N) is 1. The fraction of sp³-hybridized carbons (Fsp3) is 0.842. The first-order valence-corrected chi connectivity index (χ1v) is 9.86. The highest BCUT2D eigenvalue weighted by atomic mass is 16.6. The second-order valence-electron chi connectivity index (χ2n) is 8.07. The van der Waals surface area contributed by atoms with Gasteiger partial charge in [-0.3, -0.25) is 9.59 Å². The number of ether oxygens (including phenoxy) is 1. The Labute approximate surface area is 162 Å². The smallest absolute Gasteiger partial charge is 0.407 e. The van der Waals surface area contributed by atoms with Crippen LogP contribution in [0, 0.1) is 0 Å². The number of rotatable bonds is 3. The molecule has 0 aromatic carbocycles. The van der Waals surface area contributed by atoms with Crippen LogP contribution in [0.1, 0.15) is 60.3 Å². The molecule has 0 spiro atoms. The van der Waals surface area contributed by atoms with Crippen molar-refractivity contribution in [3.63, 3.8) is 0 Å². The fourth-order valence-corrected chi connectivity index (χ4v) is 3.04. The number of nitrogens with one attached hydrogen (secondary N) is 1. The molecule has 0 aromatic heterocycles. The minimum atomic E-state index is -0.485. The molecule has 2 rings (SSSR count). The molecule has 0 aromatic rings. The molecule has 8 nitrogen and oxygen atoms in total. The van der Waals surface area contributed by atoms with E-state index in [0.29, 0.717) is 25.9 Å². The number of hydrogen-bond acceptors (Lipinski definition) is 5. The van der Waals surface area contributed by atoms with Gasteiger partial charge >= 0.3 is 6.09 Å². The summed E-state index contributed by atoms with van der Waals surface area (Å²) in [5.41, 5.74) is 5.14. The topological polar surface area (TPSA) is 105 Å². The van der Waals surface area contributed by atoms with E-state index in [1.165, 1.54) is 0 Å². The average Bonchev–Trinajstić information content (AvgIpc) is 3.21. The molecule has 2 fully saturated rings. The maximum absolute atomic E-state index is 11.5. The van der Waals surface area contributed by atoms with Crippen LogP contribution in [0.3, 0.4) is 0 Å². The normalized spacial score (nSPS) is 22.1. The summed E-state index contributed by atoms with van der Waals surface area (Å²) < 4.78 is 5.17. The van der Waals surface area contributed by atoms with Crippen LogP contribution >= 0.6 is 0 Å². The van der Waals surface area contributed by atoms with E-state index in [-0.39, 0.29) is 23.9 Å². The van der Waals surface area contributed by atoms with E-state index in [4.69, 9.17) is 10.5 Å². The van der Waals surface area contributed by atoms with Gasteiger partial charge < -0.3 is 25.6 Å². The first-order chi connectivity index (χ1) is 12.6. The Morgan fingerprint density at radius 3 is 1.96 bits per heavy atom. The summed E-state index contributed by atoms with van der Waals surface area (Å²) in [5, 5.41) is 2.79. The largest absolute Gasteiger partial charge is 0.444 e. The third kappa shape index (κ3) is 8.60. The number of hydrogen-bond donors (Lipinski definition) is 2. The van der Waals surface area contributed by atoms with Crippen molar-refractivity contribution in [1.29, 1.82) is 0 Å². The molecule has 3 amide bonds. The molecule has 0 saturated carbocycles. The Hall–Kier alpha value is -1.83. The predicted molar refractivity (Wildman–Crippen MR) is 104 cm³/mol. The molecule has 156 valence electrons. The van der Waals surface area contributed by atoms with Crippen molar-refractivity contribution < 1.29 is 19.1 Å². The summed E-state index contributed by atoms with van der Waals surface area (Å²) in [4.78, 5) is 37.6. The van der Waals surface area contributed by atoms with E-state index in [1.807, 2.05) is 39.5 Å². The van der Waals surface area contributed by atoms with Gasteiger partial charge in [0.05, 0.1) is 6.04 Å². The van der Waals surface area contributed by atoms with Crippen LogP contribution in [-0.2, 0) is 14.3 Å². The first-order valence-electron chi connectivity index (χ1n) is 9.86. The minimum Gasteiger partial charge on any atom is -0.444 e. The average molecular weight is 385 g/mol. The quantitative estimate of drug-likeness (QED) is 0.767. The standard InChI is InChI=1S/C12H22N2O3.C7H14N2O/c1-5-10(15)14-7-6-9(8-14)13-11(16)17-12(2,3)4;1-2-7(10)9-4-3-6(8)5-9/h9H,5-8H2,1-4H3,(H,13,16);6H,2-5,8H2,1H3. The maximum atomic E-state index is 11.5. The van der Waals surface area contributed by atoms with Gasteiger partial charge in [0.15, 0.2) is 0 Å².